The number of aromatic nitrogens is 2. The first-order valence-electron chi connectivity index (χ1n) is 9.27. The van der Waals surface area contributed by atoms with Crippen LogP contribution >= 0.6 is 0 Å². The Balaban J connectivity index is 1.72. The molecule has 0 fully saturated rings. The zero-order valence-corrected chi connectivity index (χ0v) is 16.2. The molecule has 2 N–H and O–H groups in total. The molecule has 2 aromatic rings. The second-order valence-corrected chi connectivity index (χ2v) is 6.88. The predicted molar refractivity (Wildman–Crippen MR) is 109 cm³/mol. The molecule has 6 heteroatoms. The summed E-state index contributed by atoms with van der Waals surface area (Å²) in [5.74, 6) is 5.39. The van der Waals surface area contributed by atoms with Crippen LogP contribution in [-0.4, -0.2) is 52.9 Å². The fourth-order valence-corrected chi connectivity index (χ4v) is 3.08. The lowest BCUT2D eigenvalue weighted by Crippen LogP contribution is -2.23. The van der Waals surface area contributed by atoms with E-state index in [1.54, 1.807) is 12.1 Å². The second kappa shape index (κ2) is 9.27. The van der Waals surface area contributed by atoms with Gasteiger partial charge in [-0.2, -0.15) is 5.10 Å². The van der Waals surface area contributed by atoms with E-state index in [1.165, 1.54) is 16.7 Å². The molecule has 0 aliphatic carbocycles. The smallest absolute Gasteiger partial charge is 0.317 e. The summed E-state index contributed by atoms with van der Waals surface area (Å²) < 4.78 is 0. The first-order valence-corrected chi connectivity index (χ1v) is 9.27. The highest BCUT2D eigenvalue weighted by Crippen LogP contribution is 2.26. The maximum atomic E-state index is 10.5. The van der Waals surface area contributed by atoms with Gasteiger partial charge in [-0.05, 0) is 61.2 Å². The van der Waals surface area contributed by atoms with Crippen molar-refractivity contribution in [2.75, 3.05) is 26.7 Å². The number of likely N-dealkylation sites (N-methyl/N-ethyl adjacent to an activating group) is 1. The van der Waals surface area contributed by atoms with E-state index >= 15 is 0 Å². The third-order valence-electron chi connectivity index (χ3n) is 4.72. The van der Waals surface area contributed by atoms with Gasteiger partial charge in [-0.1, -0.05) is 24.1 Å². The Morgan fingerprint density at radius 2 is 2.11 bits per heavy atom. The van der Waals surface area contributed by atoms with Crippen LogP contribution in [0.5, 0.6) is 0 Å². The van der Waals surface area contributed by atoms with Crippen molar-refractivity contribution in [2.45, 2.75) is 19.9 Å². The predicted octanol–water partition coefficient (Wildman–Crippen LogP) is 2.08. The molecule has 3 rings (SSSR count). The average molecular weight is 376 g/mol. The van der Waals surface area contributed by atoms with Gasteiger partial charge < -0.3 is 15.3 Å². The van der Waals surface area contributed by atoms with Crippen molar-refractivity contribution >= 4 is 11.5 Å². The molecule has 0 radical (unpaired) electrons. The molecule has 1 aromatic carbocycles. The van der Waals surface area contributed by atoms with Crippen LogP contribution in [0.4, 0.5) is 0 Å². The fraction of sp³-hybridized carbons (Fsp3) is 0.318. The van der Waals surface area contributed by atoms with Crippen LogP contribution in [0.3, 0.4) is 0 Å². The SMILES string of the molecule is Cc1c(C#Cc2ccc(CNCC(=O)O)nn2)cccc1C1=CCN(C)CC1. The standard InChI is InChI=1S/C22H24N4O2/c1-16-17(4-3-5-21(16)18-10-12-26(2)13-11-18)6-7-19-8-9-20(25-24-19)14-23-15-22(27)28/h3-5,8-10,23H,11-15H2,1-2H3,(H,27,28). The van der Waals surface area contributed by atoms with Gasteiger partial charge in [-0.25, -0.2) is 0 Å². The molecule has 0 saturated carbocycles. The van der Waals surface area contributed by atoms with Crippen molar-refractivity contribution in [1.82, 2.24) is 20.4 Å². The van der Waals surface area contributed by atoms with Crippen LogP contribution in [0.15, 0.2) is 36.4 Å². The highest BCUT2D eigenvalue weighted by Gasteiger charge is 2.12. The monoisotopic (exact) mass is 376 g/mol. The topological polar surface area (TPSA) is 78.3 Å². The summed E-state index contributed by atoms with van der Waals surface area (Å²) in [6.45, 7) is 4.42. The molecule has 2 heterocycles. The van der Waals surface area contributed by atoms with Crippen molar-refractivity contribution < 1.29 is 9.90 Å². The summed E-state index contributed by atoms with van der Waals surface area (Å²) in [6, 6.07) is 9.85. The Morgan fingerprint density at radius 1 is 1.25 bits per heavy atom. The zero-order valence-electron chi connectivity index (χ0n) is 16.2. The molecule has 0 atom stereocenters. The minimum atomic E-state index is -0.899. The van der Waals surface area contributed by atoms with Crippen molar-refractivity contribution in [1.29, 1.82) is 0 Å². The molecule has 1 aliphatic rings. The van der Waals surface area contributed by atoms with Crippen LogP contribution < -0.4 is 5.32 Å². The fourth-order valence-electron chi connectivity index (χ4n) is 3.08. The van der Waals surface area contributed by atoms with Crippen LogP contribution in [0.1, 0.15) is 34.5 Å². The van der Waals surface area contributed by atoms with Crippen molar-refractivity contribution in [3.8, 4) is 11.8 Å². The molecule has 1 aliphatic heterocycles. The summed E-state index contributed by atoms with van der Waals surface area (Å²) >= 11 is 0. The lowest BCUT2D eigenvalue weighted by molar-refractivity contribution is -0.136. The van der Waals surface area contributed by atoms with Crippen molar-refractivity contribution in [3.63, 3.8) is 0 Å². The number of nitrogens with zero attached hydrogens (tertiary/aromatic N) is 3. The number of carboxylic acids is 1. The molecule has 1 aromatic heterocycles. The van der Waals surface area contributed by atoms with E-state index in [0.717, 1.165) is 25.1 Å². The van der Waals surface area contributed by atoms with Crippen LogP contribution in [-0.2, 0) is 11.3 Å². The molecule has 0 amide bonds. The van der Waals surface area contributed by atoms with Crippen molar-refractivity contribution in [3.05, 3.63) is 64.5 Å². The van der Waals surface area contributed by atoms with E-state index < -0.39 is 5.97 Å². The second-order valence-electron chi connectivity index (χ2n) is 6.88. The lowest BCUT2D eigenvalue weighted by atomic mass is 9.93. The van der Waals surface area contributed by atoms with Gasteiger partial charge in [-0.15, -0.1) is 5.10 Å². The Morgan fingerprint density at radius 3 is 2.79 bits per heavy atom. The summed E-state index contributed by atoms with van der Waals surface area (Å²) in [5.41, 5.74) is 6.10. The Labute approximate surface area is 165 Å². The summed E-state index contributed by atoms with van der Waals surface area (Å²) in [4.78, 5) is 12.8. The number of benzene rings is 1. The lowest BCUT2D eigenvalue weighted by Gasteiger charge is -2.23. The van der Waals surface area contributed by atoms with Gasteiger partial charge in [0.25, 0.3) is 0 Å². The van der Waals surface area contributed by atoms with Gasteiger partial charge in [0.15, 0.2) is 0 Å². The summed E-state index contributed by atoms with van der Waals surface area (Å²) in [7, 11) is 2.14. The minimum Gasteiger partial charge on any atom is -0.480 e. The molecule has 0 bridgehead atoms. The van der Waals surface area contributed by atoms with Gasteiger partial charge in [0.05, 0.1) is 12.2 Å². The van der Waals surface area contributed by atoms with Gasteiger partial charge in [0.1, 0.15) is 5.69 Å². The Bertz CT molecular complexity index is 939. The Kier molecular flexibility index (Phi) is 6.53. The largest absolute Gasteiger partial charge is 0.480 e. The van der Waals surface area contributed by atoms with Gasteiger partial charge in [-0.3, -0.25) is 4.79 Å². The van der Waals surface area contributed by atoms with E-state index in [-0.39, 0.29) is 6.54 Å². The average Bonchev–Trinajstić information content (AvgIpc) is 2.69. The first-order chi connectivity index (χ1) is 13.5. The van der Waals surface area contributed by atoms with Gasteiger partial charge in [0.2, 0.25) is 0 Å². The van der Waals surface area contributed by atoms with Crippen LogP contribution in [0.2, 0.25) is 0 Å². The van der Waals surface area contributed by atoms with E-state index in [1.807, 2.05) is 6.07 Å². The highest BCUT2D eigenvalue weighted by molar-refractivity contribution is 5.71. The summed E-state index contributed by atoms with van der Waals surface area (Å²) in [5, 5.41) is 19.6. The van der Waals surface area contributed by atoms with E-state index in [0.29, 0.717) is 17.9 Å². The van der Waals surface area contributed by atoms with Crippen LogP contribution in [0.25, 0.3) is 5.57 Å². The Hall–Kier alpha value is -3.01. The van der Waals surface area contributed by atoms with Gasteiger partial charge in [0, 0.05) is 25.2 Å². The third kappa shape index (κ3) is 5.26. The molecule has 0 spiro atoms. The number of hydrogen-bond acceptors (Lipinski definition) is 5. The summed E-state index contributed by atoms with van der Waals surface area (Å²) in [6.07, 6.45) is 3.35. The molecule has 0 unspecified atom stereocenters. The molecule has 0 saturated heterocycles. The molecule has 28 heavy (non-hydrogen) atoms. The first kappa shape index (κ1) is 19.7. The van der Waals surface area contributed by atoms with E-state index in [9.17, 15) is 4.79 Å². The normalized spacial score (nSPS) is 14.1. The van der Waals surface area contributed by atoms with E-state index in [4.69, 9.17) is 5.11 Å². The van der Waals surface area contributed by atoms with E-state index in [2.05, 4.69) is 64.4 Å². The molecule has 6 nitrogen and oxygen atoms in total. The molecular formula is C22H24N4O2. The maximum Gasteiger partial charge on any atom is 0.317 e. The molecule has 144 valence electrons. The number of carboxylic acid groups (broad SMARTS) is 1. The zero-order chi connectivity index (χ0) is 19.9. The number of nitrogens with one attached hydrogen (secondary N) is 1. The van der Waals surface area contributed by atoms with Crippen LogP contribution in [0, 0.1) is 18.8 Å². The quantitative estimate of drug-likeness (QED) is 0.778. The number of rotatable bonds is 5. The third-order valence-corrected chi connectivity index (χ3v) is 4.72. The molecular weight excluding hydrogens is 352 g/mol. The van der Waals surface area contributed by atoms with Crippen molar-refractivity contribution in [2.24, 2.45) is 0 Å². The van der Waals surface area contributed by atoms with Gasteiger partial charge >= 0.3 is 5.97 Å². The highest BCUT2D eigenvalue weighted by atomic mass is 16.4. The number of carbonyl (C=O) groups is 1. The minimum absolute atomic E-state index is 0.106. The number of hydrogen-bond donors (Lipinski definition) is 2. The number of aliphatic carboxylic acids is 1. The maximum absolute atomic E-state index is 10.5.